The zero-order chi connectivity index (χ0) is 18.4. The Morgan fingerprint density at radius 1 is 1.04 bits per heavy atom. The van der Waals surface area contributed by atoms with Crippen LogP contribution in [0.2, 0.25) is 0 Å². The standard InChI is InChI=1S/C19H20BrN3O3/c20-15-6-3-5-14(10-15)18(24)21-8-9-22-19(25)23-12-16-11-13-4-1-2-7-17(13)26-16/h1-7,10,16H,8-9,11-12H2,(H,21,24)(H2,22,23,25). The molecule has 0 aliphatic carbocycles. The predicted molar refractivity (Wildman–Crippen MR) is 102 cm³/mol. The first-order chi connectivity index (χ1) is 12.6. The fourth-order valence-electron chi connectivity index (χ4n) is 2.72. The Balaban J connectivity index is 1.31. The molecule has 7 heteroatoms. The largest absolute Gasteiger partial charge is 0.488 e. The normalized spacial score (nSPS) is 14.9. The summed E-state index contributed by atoms with van der Waals surface area (Å²) in [6, 6.07) is 14.7. The van der Waals surface area contributed by atoms with Crippen LogP contribution in [0, 0.1) is 0 Å². The van der Waals surface area contributed by atoms with E-state index < -0.39 is 0 Å². The van der Waals surface area contributed by atoms with Crippen LogP contribution < -0.4 is 20.7 Å². The van der Waals surface area contributed by atoms with Gasteiger partial charge in [-0.2, -0.15) is 0 Å². The first-order valence-electron chi connectivity index (χ1n) is 8.42. The van der Waals surface area contributed by atoms with Crippen molar-refractivity contribution in [2.45, 2.75) is 12.5 Å². The van der Waals surface area contributed by atoms with Gasteiger partial charge in [0, 0.05) is 29.5 Å². The Kier molecular flexibility index (Phi) is 6.12. The second-order valence-corrected chi connectivity index (χ2v) is 6.87. The van der Waals surface area contributed by atoms with Gasteiger partial charge in [0.2, 0.25) is 0 Å². The van der Waals surface area contributed by atoms with Gasteiger partial charge >= 0.3 is 6.03 Å². The molecular formula is C19H20BrN3O3. The average Bonchev–Trinajstić information content (AvgIpc) is 3.06. The van der Waals surface area contributed by atoms with Gasteiger partial charge in [0.25, 0.3) is 5.91 Å². The third kappa shape index (κ3) is 4.98. The van der Waals surface area contributed by atoms with E-state index in [0.29, 0.717) is 25.2 Å². The smallest absolute Gasteiger partial charge is 0.314 e. The topological polar surface area (TPSA) is 79.5 Å². The van der Waals surface area contributed by atoms with Crippen LogP contribution in [0.5, 0.6) is 5.75 Å². The van der Waals surface area contributed by atoms with E-state index in [-0.39, 0.29) is 18.0 Å². The maximum Gasteiger partial charge on any atom is 0.314 e. The number of hydrogen-bond acceptors (Lipinski definition) is 3. The van der Waals surface area contributed by atoms with E-state index in [2.05, 4.69) is 31.9 Å². The number of para-hydroxylation sites is 1. The summed E-state index contributed by atoms with van der Waals surface area (Å²) in [5.74, 6) is 0.709. The number of ether oxygens (including phenoxy) is 1. The van der Waals surface area contributed by atoms with Crippen LogP contribution >= 0.6 is 15.9 Å². The highest BCUT2D eigenvalue weighted by Gasteiger charge is 2.22. The van der Waals surface area contributed by atoms with Crippen molar-refractivity contribution >= 4 is 27.9 Å². The van der Waals surface area contributed by atoms with Gasteiger partial charge in [-0.1, -0.05) is 40.2 Å². The summed E-state index contributed by atoms with van der Waals surface area (Å²) < 4.78 is 6.62. The number of carbonyl (C=O) groups excluding carboxylic acids is 2. The minimum absolute atomic E-state index is 0.0469. The molecule has 1 aliphatic rings. The maximum absolute atomic E-state index is 12.0. The molecule has 0 radical (unpaired) electrons. The number of rotatable bonds is 6. The number of halogens is 1. The Morgan fingerprint density at radius 3 is 2.65 bits per heavy atom. The third-order valence-electron chi connectivity index (χ3n) is 3.99. The molecule has 1 unspecified atom stereocenters. The molecular weight excluding hydrogens is 398 g/mol. The summed E-state index contributed by atoms with van der Waals surface area (Å²) in [6.45, 7) is 1.13. The monoisotopic (exact) mass is 417 g/mol. The van der Waals surface area contributed by atoms with Gasteiger partial charge in [0.15, 0.2) is 0 Å². The van der Waals surface area contributed by atoms with E-state index in [9.17, 15) is 9.59 Å². The summed E-state index contributed by atoms with van der Waals surface area (Å²) in [6.07, 6.45) is 0.744. The van der Waals surface area contributed by atoms with E-state index in [1.54, 1.807) is 18.2 Å². The molecule has 1 atom stereocenters. The van der Waals surface area contributed by atoms with Crippen molar-refractivity contribution in [2.75, 3.05) is 19.6 Å². The van der Waals surface area contributed by atoms with Gasteiger partial charge < -0.3 is 20.7 Å². The molecule has 3 amide bonds. The number of nitrogens with one attached hydrogen (secondary N) is 3. The molecule has 26 heavy (non-hydrogen) atoms. The molecule has 0 spiro atoms. The van der Waals surface area contributed by atoms with Crippen molar-refractivity contribution in [1.82, 2.24) is 16.0 Å². The highest BCUT2D eigenvalue weighted by atomic mass is 79.9. The summed E-state index contributed by atoms with van der Waals surface area (Å²) >= 11 is 3.33. The number of carbonyl (C=O) groups is 2. The van der Waals surface area contributed by atoms with Crippen molar-refractivity contribution in [3.63, 3.8) is 0 Å². The number of benzene rings is 2. The lowest BCUT2D eigenvalue weighted by atomic mass is 10.1. The predicted octanol–water partition coefficient (Wildman–Crippen LogP) is 2.48. The van der Waals surface area contributed by atoms with Crippen LogP contribution in [0.4, 0.5) is 4.79 Å². The summed E-state index contributed by atoms with van der Waals surface area (Å²) in [7, 11) is 0. The molecule has 0 aromatic heterocycles. The molecule has 3 rings (SSSR count). The number of amides is 3. The molecule has 3 N–H and O–H groups in total. The molecule has 0 bridgehead atoms. The Labute approximate surface area is 160 Å². The van der Waals surface area contributed by atoms with Gasteiger partial charge in [-0.15, -0.1) is 0 Å². The van der Waals surface area contributed by atoms with Crippen LogP contribution in [0.3, 0.4) is 0 Å². The third-order valence-corrected chi connectivity index (χ3v) is 4.48. The molecule has 2 aromatic rings. The lowest BCUT2D eigenvalue weighted by molar-refractivity contribution is 0.0953. The minimum atomic E-state index is -0.277. The van der Waals surface area contributed by atoms with Gasteiger partial charge in [-0.05, 0) is 29.8 Å². The van der Waals surface area contributed by atoms with Crippen LogP contribution in [-0.2, 0) is 6.42 Å². The van der Waals surface area contributed by atoms with E-state index in [0.717, 1.165) is 22.2 Å². The lowest BCUT2D eigenvalue weighted by Gasteiger charge is -2.13. The Morgan fingerprint density at radius 2 is 1.85 bits per heavy atom. The molecule has 2 aromatic carbocycles. The maximum atomic E-state index is 12.0. The first-order valence-corrected chi connectivity index (χ1v) is 9.21. The lowest BCUT2D eigenvalue weighted by Crippen LogP contribution is -2.43. The molecule has 0 saturated heterocycles. The fourth-order valence-corrected chi connectivity index (χ4v) is 3.12. The van der Waals surface area contributed by atoms with E-state index in [1.165, 1.54) is 0 Å². The van der Waals surface area contributed by atoms with Crippen LogP contribution in [0.1, 0.15) is 15.9 Å². The van der Waals surface area contributed by atoms with Crippen molar-refractivity contribution in [3.05, 3.63) is 64.1 Å². The fraction of sp³-hybridized carbons (Fsp3) is 0.263. The van der Waals surface area contributed by atoms with E-state index in [4.69, 9.17) is 4.74 Å². The second-order valence-electron chi connectivity index (χ2n) is 5.95. The SMILES string of the molecule is O=C(NCCNC(=O)c1cccc(Br)c1)NCC1Cc2ccccc2O1. The molecule has 1 heterocycles. The number of hydrogen-bond donors (Lipinski definition) is 3. The van der Waals surface area contributed by atoms with Crippen LogP contribution in [-0.4, -0.2) is 37.7 Å². The quantitative estimate of drug-likeness (QED) is 0.631. The van der Waals surface area contributed by atoms with E-state index in [1.807, 2.05) is 30.3 Å². The Bertz CT molecular complexity index is 772. The number of urea groups is 1. The number of fused-ring (bicyclic) bond motifs is 1. The van der Waals surface area contributed by atoms with Gasteiger partial charge in [0.05, 0.1) is 6.54 Å². The van der Waals surface area contributed by atoms with Crippen molar-refractivity contribution in [3.8, 4) is 5.75 Å². The molecule has 0 saturated carbocycles. The minimum Gasteiger partial charge on any atom is -0.488 e. The summed E-state index contributed by atoms with van der Waals surface area (Å²) in [5, 5.41) is 8.27. The molecule has 1 aliphatic heterocycles. The van der Waals surface area contributed by atoms with Gasteiger partial charge in [0.1, 0.15) is 11.9 Å². The van der Waals surface area contributed by atoms with Crippen molar-refractivity contribution < 1.29 is 14.3 Å². The highest BCUT2D eigenvalue weighted by Crippen LogP contribution is 2.27. The molecule has 136 valence electrons. The summed E-state index contributed by atoms with van der Waals surface area (Å²) in [5.41, 5.74) is 1.73. The van der Waals surface area contributed by atoms with E-state index >= 15 is 0 Å². The van der Waals surface area contributed by atoms with Gasteiger partial charge in [-0.25, -0.2) is 4.79 Å². The zero-order valence-electron chi connectivity index (χ0n) is 14.1. The summed E-state index contributed by atoms with van der Waals surface area (Å²) in [4.78, 5) is 23.8. The first kappa shape index (κ1) is 18.3. The van der Waals surface area contributed by atoms with Crippen LogP contribution in [0.15, 0.2) is 53.0 Å². The highest BCUT2D eigenvalue weighted by molar-refractivity contribution is 9.10. The zero-order valence-corrected chi connectivity index (χ0v) is 15.7. The second kappa shape index (κ2) is 8.71. The Hall–Kier alpha value is -2.54. The van der Waals surface area contributed by atoms with Crippen LogP contribution in [0.25, 0.3) is 0 Å². The average molecular weight is 418 g/mol. The van der Waals surface area contributed by atoms with Crippen molar-refractivity contribution in [1.29, 1.82) is 0 Å². The van der Waals surface area contributed by atoms with Crippen molar-refractivity contribution in [2.24, 2.45) is 0 Å². The van der Waals surface area contributed by atoms with Gasteiger partial charge in [-0.3, -0.25) is 4.79 Å². The molecule has 6 nitrogen and oxygen atoms in total. The molecule has 0 fully saturated rings.